The first-order chi connectivity index (χ1) is 10.1. The molecule has 1 heterocycles. The number of carbonyl (C=O) groups is 2. The molecule has 1 unspecified atom stereocenters. The highest BCUT2D eigenvalue weighted by Gasteiger charge is 2.32. The molecule has 0 spiro atoms. The number of hydrogen-bond acceptors (Lipinski definition) is 3. The summed E-state index contributed by atoms with van der Waals surface area (Å²) in [4.78, 5) is 27.1. The molecule has 0 bridgehead atoms. The fourth-order valence-corrected chi connectivity index (χ4v) is 3.59. The Labute approximate surface area is 125 Å². The first-order valence-electron chi connectivity index (χ1n) is 8.00. The first-order valence-corrected chi connectivity index (χ1v) is 8.00. The minimum Gasteiger partial charge on any atom is -0.481 e. The molecule has 21 heavy (non-hydrogen) atoms. The van der Waals surface area contributed by atoms with Gasteiger partial charge in [0.05, 0.1) is 6.61 Å². The summed E-state index contributed by atoms with van der Waals surface area (Å²) in [6.45, 7) is 1.58. The average Bonchev–Trinajstić information content (AvgIpc) is 2.97. The molecule has 1 saturated carbocycles. The third-order valence-electron chi connectivity index (χ3n) is 4.60. The Kier molecular flexibility index (Phi) is 5.85. The summed E-state index contributed by atoms with van der Waals surface area (Å²) in [5, 5.41) is 18.1. The van der Waals surface area contributed by atoms with Crippen LogP contribution in [0.2, 0.25) is 0 Å². The van der Waals surface area contributed by atoms with Gasteiger partial charge in [-0.1, -0.05) is 12.8 Å². The van der Waals surface area contributed by atoms with Crippen LogP contribution in [0, 0.1) is 5.92 Å². The molecule has 120 valence electrons. The number of piperidine rings is 1. The van der Waals surface area contributed by atoms with Crippen molar-refractivity contribution in [2.75, 3.05) is 26.2 Å². The summed E-state index contributed by atoms with van der Waals surface area (Å²) in [6, 6.07) is 0.218. The molecule has 2 fully saturated rings. The zero-order chi connectivity index (χ0) is 15.2. The number of rotatable bonds is 5. The number of carboxylic acids is 1. The van der Waals surface area contributed by atoms with Crippen LogP contribution in [0.5, 0.6) is 0 Å². The summed E-state index contributed by atoms with van der Waals surface area (Å²) in [6.07, 6.45) is 6.17. The van der Waals surface area contributed by atoms with Crippen LogP contribution in [0.25, 0.3) is 0 Å². The van der Waals surface area contributed by atoms with E-state index in [9.17, 15) is 14.7 Å². The van der Waals surface area contributed by atoms with Crippen molar-refractivity contribution in [3.05, 3.63) is 0 Å². The number of nitrogens with zero attached hydrogens (tertiary/aromatic N) is 2. The van der Waals surface area contributed by atoms with Crippen LogP contribution in [0.15, 0.2) is 0 Å². The van der Waals surface area contributed by atoms with E-state index >= 15 is 0 Å². The van der Waals surface area contributed by atoms with Crippen LogP contribution in [0.4, 0.5) is 4.79 Å². The predicted molar refractivity (Wildman–Crippen MR) is 78.0 cm³/mol. The van der Waals surface area contributed by atoms with Gasteiger partial charge in [0.15, 0.2) is 0 Å². The van der Waals surface area contributed by atoms with E-state index in [0.29, 0.717) is 19.6 Å². The van der Waals surface area contributed by atoms with Gasteiger partial charge in [-0.25, -0.2) is 4.79 Å². The highest BCUT2D eigenvalue weighted by molar-refractivity contribution is 5.75. The Morgan fingerprint density at radius 2 is 1.86 bits per heavy atom. The van der Waals surface area contributed by atoms with Gasteiger partial charge in [-0.15, -0.1) is 0 Å². The lowest BCUT2D eigenvalue weighted by atomic mass is 9.95. The number of carbonyl (C=O) groups excluding carboxylic acids is 1. The van der Waals surface area contributed by atoms with E-state index in [-0.39, 0.29) is 31.0 Å². The molecule has 1 saturated heterocycles. The molecule has 1 aliphatic heterocycles. The molecule has 0 aromatic carbocycles. The standard InChI is InChI=1S/C15H26N2O4/c18-9-8-17(13-5-1-2-6-13)15(21)16-7-3-4-12(11-16)10-14(19)20/h12-13,18H,1-11H2,(H,19,20). The summed E-state index contributed by atoms with van der Waals surface area (Å²) >= 11 is 0. The van der Waals surface area contributed by atoms with Gasteiger partial charge in [0, 0.05) is 32.1 Å². The molecule has 6 nitrogen and oxygen atoms in total. The van der Waals surface area contributed by atoms with Crippen LogP contribution in [-0.2, 0) is 4.79 Å². The predicted octanol–water partition coefficient (Wildman–Crippen LogP) is 1.53. The lowest BCUT2D eigenvalue weighted by Gasteiger charge is -2.38. The van der Waals surface area contributed by atoms with Crippen molar-refractivity contribution in [1.82, 2.24) is 9.80 Å². The molecule has 2 aliphatic rings. The van der Waals surface area contributed by atoms with Crippen molar-refractivity contribution in [3.63, 3.8) is 0 Å². The number of amides is 2. The molecule has 0 aromatic rings. The topological polar surface area (TPSA) is 81.1 Å². The minimum absolute atomic E-state index is 0.0192. The van der Waals surface area contributed by atoms with Crippen molar-refractivity contribution in [2.45, 2.75) is 51.0 Å². The normalized spacial score (nSPS) is 23.3. The fraction of sp³-hybridized carbons (Fsp3) is 0.867. The van der Waals surface area contributed by atoms with E-state index in [1.807, 2.05) is 0 Å². The second-order valence-corrected chi connectivity index (χ2v) is 6.19. The van der Waals surface area contributed by atoms with E-state index in [2.05, 4.69) is 0 Å². The molecule has 6 heteroatoms. The van der Waals surface area contributed by atoms with E-state index in [1.165, 1.54) is 0 Å². The lowest BCUT2D eigenvalue weighted by Crippen LogP contribution is -2.51. The quantitative estimate of drug-likeness (QED) is 0.806. The third-order valence-corrected chi connectivity index (χ3v) is 4.60. The lowest BCUT2D eigenvalue weighted by molar-refractivity contribution is -0.138. The minimum atomic E-state index is -0.794. The average molecular weight is 298 g/mol. The van der Waals surface area contributed by atoms with Crippen LogP contribution < -0.4 is 0 Å². The Balaban J connectivity index is 1.96. The molecule has 1 atom stereocenters. The van der Waals surface area contributed by atoms with E-state index in [1.54, 1.807) is 9.80 Å². The van der Waals surface area contributed by atoms with Gasteiger partial charge in [-0.2, -0.15) is 0 Å². The number of aliphatic hydroxyl groups is 1. The third kappa shape index (κ3) is 4.33. The second-order valence-electron chi connectivity index (χ2n) is 6.19. The largest absolute Gasteiger partial charge is 0.481 e. The molecule has 0 aromatic heterocycles. The van der Waals surface area contributed by atoms with Gasteiger partial charge < -0.3 is 20.0 Å². The van der Waals surface area contributed by atoms with Gasteiger partial charge >= 0.3 is 12.0 Å². The highest BCUT2D eigenvalue weighted by Crippen LogP contribution is 2.26. The smallest absolute Gasteiger partial charge is 0.320 e. The van der Waals surface area contributed by atoms with Gasteiger partial charge in [-0.3, -0.25) is 4.79 Å². The van der Waals surface area contributed by atoms with Crippen LogP contribution >= 0.6 is 0 Å². The number of urea groups is 1. The monoisotopic (exact) mass is 298 g/mol. The van der Waals surface area contributed by atoms with E-state index < -0.39 is 5.97 Å². The maximum Gasteiger partial charge on any atom is 0.320 e. The van der Waals surface area contributed by atoms with E-state index in [0.717, 1.165) is 38.5 Å². The number of aliphatic carboxylic acids is 1. The number of aliphatic hydroxyl groups excluding tert-OH is 1. The molecular weight excluding hydrogens is 272 g/mol. The van der Waals surface area contributed by atoms with E-state index in [4.69, 9.17) is 5.11 Å². The van der Waals surface area contributed by atoms with Gasteiger partial charge in [0.25, 0.3) is 0 Å². The number of likely N-dealkylation sites (tertiary alicyclic amines) is 1. The first kappa shape index (κ1) is 16.1. The zero-order valence-corrected chi connectivity index (χ0v) is 12.5. The number of carboxylic acid groups (broad SMARTS) is 1. The number of hydrogen-bond donors (Lipinski definition) is 2. The van der Waals surface area contributed by atoms with Crippen molar-refractivity contribution in [1.29, 1.82) is 0 Å². The van der Waals surface area contributed by atoms with Crippen molar-refractivity contribution >= 4 is 12.0 Å². The maximum absolute atomic E-state index is 12.7. The zero-order valence-electron chi connectivity index (χ0n) is 12.5. The molecule has 0 radical (unpaired) electrons. The van der Waals surface area contributed by atoms with Gasteiger partial charge in [0.1, 0.15) is 0 Å². The Hall–Kier alpha value is -1.30. The molecule has 2 amide bonds. The SMILES string of the molecule is O=C(O)CC1CCCN(C(=O)N(CCO)C2CCCC2)C1. The maximum atomic E-state index is 12.7. The fourth-order valence-electron chi connectivity index (χ4n) is 3.59. The van der Waals surface area contributed by atoms with Crippen LogP contribution in [0.3, 0.4) is 0 Å². The Morgan fingerprint density at radius 3 is 2.48 bits per heavy atom. The summed E-state index contributed by atoms with van der Waals surface area (Å²) in [5.41, 5.74) is 0. The van der Waals surface area contributed by atoms with Crippen LogP contribution in [-0.4, -0.2) is 64.3 Å². The van der Waals surface area contributed by atoms with Crippen LogP contribution in [0.1, 0.15) is 44.9 Å². The van der Waals surface area contributed by atoms with Gasteiger partial charge in [-0.05, 0) is 31.6 Å². The molecule has 2 N–H and O–H groups in total. The van der Waals surface area contributed by atoms with Crippen molar-refractivity contribution in [2.24, 2.45) is 5.92 Å². The summed E-state index contributed by atoms with van der Waals surface area (Å²) in [5.74, 6) is -0.739. The summed E-state index contributed by atoms with van der Waals surface area (Å²) in [7, 11) is 0. The van der Waals surface area contributed by atoms with Crippen molar-refractivity contribution < 1.29 is 19.8 Å². The van der Waals surface area contributed by atoms with Crippen molar-refractivity contribution in [3.8, 4) is 0 Å². The molecular formula is C15H26N2O4. The Morgan fingerprint density at radius 1 is 1.14 bits per heavy atom. The molecule has 2 rings (SSSR count). The highest BCUT2D eigenvalue weighted by atomic mass is 16.4. The van der Waals surface area contributed by atoms with Gasteiger partial charge in [0.2, 0.25) is 0 Å². The second kappa shape index (κ2) is 7.64. The Bertz CT molecular complexity index is 369. The molecule has 1 aliphatic carbocycles. The summed E-state index contributed by atoms with van der Waals surface area (Å²) < 4.78 is 0.